The maximum atomic E-state index is 13.4. The molecule has 33 heavy (non-hydrogen) atoms. The Morgan fingerprint density at radius 2 is 1.97 bits per heavy atom. The Balaban J connectivity index is 1.49. The lowest BCUT2D eigenvalue weighted by molar-refractivity contribution is -0.136. The number of carbonyl (C=O) groups excluding carboxylic acids is 4. The van der Waals surface area contributed by atoms with Gasteiger partial charge in [-0.15, -0.1) is 0 Å². The van der Waals surface area contributed by atoms with E-state index >= 15 is 0 Å². The van der Waals surface area contributed by atoms with Gasteiger partial charge >= 0.3 is 0 Å². The smallest absolute Gasteiger partial charge is 0.262 e. The van der Waals surface area contributed by atoms with Crippen molar-refractivity contribution in [2.24, 2.45) is 0 Å². The van der Waals surface area contributed by atoms with Crippen LogP contribution in [0.1, 0.15) is 45.5 Å². The van der Waals surface area contributed by atoms with E-state index in [-0.39, 0.29) is 35.3 Å². The first-order chi connectivity index (χ1) is 15.9. The third kappa shape index (κ3) is 3.85. The number of anilines is 1. The predicted molar refractivity (Wildman–Crippen MR) is 118 cm³/mol. The van der Waals surface area contributed by atoms with Crippen LogP contribution in [0.5, 0.6) is 0 Å². The van der Waals surface area contributed by atoms with E-state index in [4.69, 9.17) is 11.6 Å². The summed E-state index contributed by atoms with van der Waals surface area (Å²) in [5, 5.41) is 5.67. The topological polar surface area (TPSA) is 125 Å². The molecule has 3 aliphatic heterocycles. The molecule has 2 saturated heterocycles. The maximum absolute atomic E-state index is 13.4. The van der Waals surface area contributed by atoms with Crippen LogP contribution >= 0.6 is 11.6 Å². The summed E-state index contributed by atoms with van der Waals surface area (Å²) in [5.74, 6) is -1.45. The fourth-order valence-electron chi connectivity index (χ4n) is 4.69. The van der Waals surface area contributed by atoms with Crippen LogP contribution in [0.25, 0.3) is 0 Å². The summed E-state index contributed by atoms with van der Waals surface area (Å²) in [7, 11) is 0. The second-order valence-corrected chi connectivity index (χ2v) is 8.58. The number of nitrogens with one attached hydrogen (secondary N) is 2. The number of imide groups is 2. The minimum atomic E-state index is -1.00. The number of hydrogen-bond donors (Lipinski definition) is 2. The van der Waals surface area contributed by atoms with Crippen LogP contribution in [0.2, 0.25) is 5.28 Å². The van der Waals surface area contributed by atoms with Crippen LogP contribution in [0, 0.1) is 0 Å². The summed E-state index contributed by atoms with van der Waals surface area (Å²) < 4.78 is 0. The molecule has 170 valence electrons. The Morgan fingerprint density at radius 3 is 2.70 bits per heavy atom. The number of nitrogens with zero attached hydrogens (tertiary/aromatic N) is 4. The molecule has 3 aliphatic rings. The molecule has 1 aromatic carbocycles. The molecule has 5 rings (SSSR count). The third-order valence-electron chi connectivity index (χ3n) is 6.28. The summed E-state index contributed by atoms with van der Waals surface area (Å²) in [6, 6.07) is 6.00. The number of hydrogen-bond acceptors (Lipinski definition) is 8. The third-order valence-corrected chi connectivity index (χ3v) is 6.46. The number of aromatic nitrogens is 2. The van der Waals surface area contributed by atoms with Gasteiger partial charge in [0.1, 0.15) is 11.9 Å². The Labute approximate surface area is 194 Å². The zero-order valence-corrected chi connectivity index (χ0v) is 18.3. The average Bonchev–Trinajstić information content (AvgIpc) is 3.40. The zero-order chi connectivity index (χ0) is 23.1. The van der Waals surface area contributed by atoms with Gasteiger partial charge in [0.05, 0.1) is 11.1 Å². The zero-order valence-electron chi connectivity index (χ0n) is 17.6. The molecule has 1 aromatic heterocycles. The van der Waals surface area contributed by atoms with Crippen LogP contribution in [0.4, 0.5) is 5.82 Å². The van der Waals surface area contributed by atoms with E-state index in [0.29, 0.717) is 17.9 Å². The van der Waals surface area contributed by atoms with Gasteiger partial charge in [0.25, 0.3) is 11.8 Å². The minimum absolute atomic E-state index is 0.0770. The van der Waals surface area contributed by atoms with E-state index in [9.17, 15) is 19.2 Å². The number of rotatable bonds is 5. The first kappa shape index (κ1) is 21.5. The molecule has 0 aliphatic carbocycles. The van der Waals surface area contributed by atoms with Crippen molar-refractivity contribution in [1.29, 1.82) is 0 Å². The number of piperidine rings is 1. The summed E-state index contributed by atoms with van der Waals surface area (Å²) in [6.45, 7) is 1.92. The Hall–Kier alpha value is -3.37. The normalized spacial score (nSPS) is 22.5. The van der Waals surface area contributed by atoms with Gasteiger partial charge < -0.3 is 10.2 Å². The molecule has 4 amide bonds. The fourth-order valence-corrected chi connectivity index (χ4v) is 4.83. The SMILES string of the molecule is O=C1CCC(N2C(=O)c3cccc(CN(c4ccnc(Cl)n4)C4CCNC4)c3C2=O)C(=O)N1. The van der Waals surface area contributed by atoms with Crippen LogP contribution in [-0.4, -0.2) is 63.7 Å². The van der Waals surface area contributed by atoms with Crippen molar-refractivity contribution in [3.63, 3.8) is 0 Å². The van der Waals surface area contributed by atoms with Crippen LogP contribution in [0.3, 0.4) is 0 Å². The monoisotopic (exact) mass is 468 g/mol. The van der Waals surface area contributed by atoms with Gasteiger partial charge in [-0.25, -0.2) is 9.97 Å². The van der Waals surface area contributed by atoms with Crippen molar-refractivity contribution in [3.8, 4) is 0 Å². The molecule has 0 bridgehead atoms. The van der Waals surface area contributed by atoms with Crippen LogP contribution < -0.4 is 15.5 Å². The van der Waals surface area contributed by atoms with Gasteiger partial charge in [0.15, 0.2) is 0 Å². The molecule has 0 saturated carbocycles. The molecule has 4 heterocycles. The second-order valence-electron chi connectivity index (χ2n) is 8.25. The quantitative estimate of drug-likeness (QED) is 0.490. The molecular formula is C22H21ClN6O4. The van der Waals surface area contributed by atoms with Gasteiger partial charge in [-0.2, -0.15) is 0 Å². The maximum Gasteiger partial charge on any atom is 0.262 e. The molecule has 10 nitrogen and oxygen atoms in total. The molecule has 0 radical (unpaired) electrons. The summed E-state index contributed by atoms with van der Waals surface area (Å²) in [5.41, 5.74) is 1.19. The highest BCUT2D eigenvalue weighted by Gasteiger charge is 2.45. The Kier molecular flexibility index (Phi) is 5.55. The highest BCUT2D eigenvalue weighted by Crippen LogP contribution is 2.32. The molecule has 2 fully saturated rings. The van der Waals surface area contributed by atoms with Crippen molar-refractivity contribution in [3.05, 3.63) is 52.4 Å². The van der Waals surface area contributed by atoms with Crippen molar-refractivity contribution in [1.82, 2.24) is 25.5 Å². The van der Waals surface area contributed by atoms with Crippen molar-refractivity contribution in [2.75, 3.05) is 18.0 Å². The second kappa shape index (κ2) is 8.53. The van der Waals surface area contributed by atoms with Gasteiger partial charge in [0, 0.05) is 31.7 Å². The lowest BCUT2D eigenvalue weighted by Gasteiger charge is -2.30. The van der Waals surface area contributed by atoms with Crippen molar-refractivity contribution in [2.45, 2.75) is 37.9 Å². The standard InChI is InChI=1S/C22H21ClN6O4/c23-22-25-9-7-16(26-22)28(13-6-8-24-10-13)11-12-2-1-3-14-18(12)21(33)29(20(14)32)15-4-5-17(30)27-19(15)31/h1-3,7,9,13,15,24H,4-6,8,10-11H2,(H,27,30,31). The lowest BCUT2D eigenvalue weighted by atomic mass is 10.0. The summed E-state index contributed by atoms with van der Waals surface area (Å²) in [4.78, 5) is 61.8. The van der Waals surface area contributed by atoms with Gasteiger partial charge in [-0.3, -0.25) is 29.4 Å². The fraction of sp³-hybridized carbons (Fsp3) is 0.364. The summed E-state index contributed by atoms with van der Waals surface area (Å²) >= 11 is 6.03. The van der Waals surface area contributed by atoms with E-state index in [1.807, 2.05) is 0 Å². The molecule has 2 atom stereocenters. The molecule has 2 N–H and O–H groups in total. The van der Waals surface area contributed by atoms with Crippen LogP contribution in [0.15, 0.2) is 30.5 Å². The molecule has 0 spiro atoms. The average molecular weight is 469 g/mol. The van der Waals surface area contributed by atoms with Crippen LogP contribution in [-0.2, 0) is 16.1 Å². The summed E-state index contributed by atoms with van der Waals surface area (Å²) in [6.07, 6.45) is 2.65. The highest BCUT2D eigenvalue weighted by atomic mass is 35.5. The Morgan fingerprint density at radius 1 is 1.12 bits per heavy atom. The number of fused-ring (bicyclic) bond motifs is 1. The number of amides is 4. The predicted octanol–water partition coefficient (Wildman–Crippen LogP) is 0.900. The van der Waals surface area contributed by atoms with Crippen molar-refractivity contribution >= 4 is 41.0 Å². The van der Waals surface area contributed by atoms with E-state index in [1.165, 1.54) is 0 Å². The Bertz CT molecular complexity index is 1170. The lowest BCUT2D eigenvalue weighted by Crippen LogP contribution is -2.54. The van der Waals surface area contributed by atoms with E-state index in [2.05, 4.69) is 25.5 Å². The van der Waals surface area contributed by atoms with E-state index in [0.717, 1.165) is 24.4 Å². The first-order valence-electron chi connectivity index (χ1n) is 10.7. The molecule has 2 unspecified atom stereocenters. The molecule has 11 heteroatoms. The number of benzene rings is 1. The number of carbonyl (C=O) groups is 4. The minimum Gasteiger partial charge on any atom is -0.348 e. The van der Waals surface area contributed by atoms with Gasteiger partial charge in [0.2, 0.25) is 17.1 Å². The van der Waals surface area contributed by atoms with Gasteiger partial charge in [-0.1, -0.05) is 12.1 Å². The van der Waals surface area contributed by atoms with E-state index < -0.39 is 29.7 Å². The van der Waals surface area contributed by atoms with Gasteiger partial charge in [-0.05, 0) is 48.7 Å². The first-order valence-corrected chi connectivity index (χ1v) is 11.1. The largest absolute Gasteiger partial charge is 0.348 e. The molecule has 2 aromatic rings. The van der Waals surface area contributed by atoms with E-state index in [1.54, 1.807) is 30.5 Å². The van der Waals surface area contributed by atoms with Crippen molar-refractivity contribution < 1.29 is 19.2 Å². The highest BCUT2D eigenvalue weighted by molar-refractivity contribution is 6.28. The molecular weight excluding hydrogens is 448 g/mol. The number of halogens is 1.